The third-order valence-electron chi connectivity index (χ3n) is 6.29. The first kappa shape index (κ1) is 19.9. The van der Waals surface area contributed by atoms with Gasteiger partial charge in [0.15, 0.2) is 0 Å². The van der Waals surface area contributed by atoms with Gasteiger partial charge >= 0.3 is 0 Å². The summed E-state index contributed by atoms with van der Waals surface area (Å²) >= 11 is 0. The Bertz CT molecular complexity index is 668. The van der Waals surface area contributed by atoms with Crippen molar-refractivity contribution >= 4 is 11.8 Å². The highest BCUT2D eigenvalue weighted by molar-refractivity contribution is 5.84. The monoisotopic (exact) mass is 374 g/mol. The summed E-state index contributed by atoms with van der Waals surface area (Å²) in [6.45, 7) is 8.00. The SMILES string of the molecule is CN(C)CCN1C[C@]2(CCCN(C(=O)C(C)(C)n3cccc3)C2)CCC1=O. The zero-order valence-electron chi connectivity index (χ0n) is 17.3. The van der Waals surface area contributed by atoms with Crippen LogP contribution in [0.2, 0.25) is 0 Å². The largest absolute Gasteiger partial charge is 0.341 e. The van der Waals surface area contributed by atoms with Crippen LogP contribution >= 0.6 is 0 Å². The Morgan fingerprint density at radius 2 is 1.89 bits per heavy atom. The fourth-order valence-corrected chi connectivity index (χ4v) is 4.55. The van der Waals surface area contributed by atoms with E-state index in [1.807, 2.05) is 66.8 Å². The fraction of sp³-hybridized carbons (Fsp3) is 0.714. The quantitative estimate of drug-likeness (QED) is 0.792. The van der Waals surface area contributed by atoms with Crippen LogP contribution in [0.4, 0.5) is 0 Å². The summed E-state index contributed by atoms with van der Waals surface area (Å²) in [5, 5.41) is 0. The van der Waals surface area contributed by atoms with Crippen molar-refractivity contribution in [2.45, 2.75) is 45.1 Å². The molecule has 0 radical (unpaired) electrons. The zero-order chi connectivity index (χ0) is 19.7. The van der Waals surface area contributed by atoms with Crippen LogP contribution in [0.3, 0.4) is 0 Å². The lowest BCUT2D eigenvalue weighted by Crippen LogP contribution is -2.58. The van der Waals surface area contributed by atoms with E-state index in [0.717, 1.165) is 52.0 Å². The summed E-state index contributed by atoms with van der Waals surface area (Å²) in [6.07, 6.45) is 7.55. The van der Waals surface area contributed by atoms with Gasteiger partial charge in [-0.05, 0) is 59.3 Å². The highest BCUT2D eigenvalue weighted by atomic mass is 16.2. The molecule has 0 N–H and O–H groups in total. The number of carbonyl (C=O) groups is 2. The molecule has 3 rings (SSSR count). The van der Waals surface area contributed by atoms with Gasteiger partial charge in [0.05, 0.1) is 0 Å². The van der Waals surface area contributed by atoms with Crippen molar-refractivity contribution < 1.29 is 9.59 Å². The molecule has 0 bridgehead atoms. The van der Waals surface area contributed by atoms with E-state index in [9.17, 15) is 9.59 Å². The number of hydrogen-bond donors (Lipinski definition) is 0. The van der Waals surface area contributed by atoms with Gasteiger partial charge in [-0.15, -0.1) is 0 Å². The molecule has 1 aromatic rings. The molecule has 2 saturated heterocycles. The Labute approximate surface area is 163 Å². The van der Waals surface area contributed by atoms with Gasteiger partial charge in [0.2, 0.25) is 11.8 Å². The van der Waals surface area contributed by atoms with Crippen LogP contribution in [0, 0.1) is 5.41 Å². The third kappa shape index (κ3) is 4.21. The molecular formula is C21H34N4O2. The standard InChI is InChI=1S/C21H34N4O2/c1-20(2,25-12-5-6-13-25)19(27)24-11-7-9-21(17-24)10-8-18(26)23(16-21)15-14-22(3)4/h5-6,12-13H,7-11,14-17H2,1-4H3/t21-/m0/s1. The molecule has 1 aromatic heterocycles. The molecule has 2 aliphatic rings. The van der Waals surface area contributed by atoms with Crippen LogP contribution in [0.15, 0.2) is 24.5 Å². The van der Waals surface area contributed by atoms with Crippen LogP contribution in [0.1, 0.15) is 39.5 Å². The first-order valence-electron chi connectivity index (χ1n) is 10.1. The van der Waals surface area contributed by atoms with Crippen LogP contribution in [-0.2, 0) is 15.1 Å². The Morgan fingerprint density at radius 3 is 2.56 bits per heavy atom. The van der Waals surface area contributed by atoms with Gasteiger partial charge in [0.1, 0.15) is 5.54 Å². The van der Waals surface area contributed by atoms with E-state index in [0.29, 0.717) is 6.42 Å². The first-order chi connectivity index (χ1) is 12.7. The lowest BCUT2D eigenvalue weighted by Gasteiger charge is -2.49. The van der Waals surface area contributed by atoms with Gasteiger partial charge in [0.25, 0.3) is 0 Å². The Morgan fingerprint density at radius 1 is 1.19 bits per heavy atom. The molecule has 0 saturated carbocycles. The summed E-state index contributed by atoms with van der Waals surface area (Å²) in [6, 6.07) is 3.92. The van der Waals surface area contributed by atoms with Crippen LogP contribution in [-0.4, -0.2) is 77.9 Å². The van der Waals surface area contributed by atoms with E-state index >= 15 is 0 Å². The van der Waals surface area contributed by atoms with Crippen molar-refractivity contribution in [3.8, 4) is 0 Å². The second-order valence-electron chi connectivity index (χ2n) is 9.10. The summed E-state index contributed by atoms with van der Waals surface area (Å²) in [5.41, 5.74) is -0.530. The maximum absolute atomic E-state index is 13.3. The number of rotatable bonds is 5. The van der Waals surface area contributed by atoms with E-state index in [2.05, 4.69) is 4.90 Å². The Hall–Kier alpha value is -1.82. The van der Waals surface area contributed by atoms with Crippen molar-refractivity contribution in [3.05, 3.63) is 24.5 Å². The smallest absolute Gasteiger partial charge is 0.248 e. The van der Waals surface area contributed by atoms with Crippen LogP contribution < -0.4 is 0 Å². The fourth-order valence-electron chi connectivity index (χ4n) is 4.55. The number of carbonyl (C=O) groups excluding carboxylic acids is 2. The lowest BCUT2D eigenvalue weighted by atomic mass is 9.73. The van der Waals surface area contributed by atoms with E-state index in [1.165, 1.54) is 0 Å². The minimum atomic E-state index is -0.586. The summed E-state index contributed by atoms with van der Waals surface area (Å²) in [7, 11) is 4.07. The van der Waals surface area contributed by atoms with Crippen molar-refractivity contribution in [2.75, 3.05) is 46.8 Å². The third-order valence-corrected chi connectivity index (χ3v) is 6.29. The van der Waals surface area contributed by atoms with Gasteiger partial charge < -0.3 is 19.3 Å². The number of hydrogen-bond acceptors (Lipinski definition) is 3. The molecule has 150 valence electrons. The van der Waals surface area contributed by atoms with E-state index < -0.39 is 5.54 Å². The normalized spacial score (nSPS) is 24.1. The molecule has 6 heteroatoms. The van der Waals surface area contributed by atoms with Crippen molar-refractivity contribution in [1.29, 1.82) is 0 Å². The predicted molar refractivity (Wildman–Crippen MR) is 106 cm³/mol. The Balaban J connectivity index is 1.71. The predicted octanol–water partition coefficient (Wildman–Crippen LogP) is 2.02. The van der Waals surface area contributed by atoms with Crippen molar-refractivity contribution in [1.82, 2.24) is 19.3 Å². The molecule has 2 aliphatic heterocycles. The van der Waals surface area contributed by atoms with Crippen LogP contribution in [0.25, 0.3) is 0 Å². The second kappa shape index (κ2) is 7.66. The maximum Gasteiger partial charge on any atom is 0.248 e. The number of nitrogens with zero attached hydrogens (tertiary/aromatic N) is 4. The summed E-state index contributed by atoms with van der Waals surface area (Å²) < 4.78 is 1.99. The molecule has 6 nitrogen and oxygen atoms in total. The minimum Gasteiger partial charge on any atom is -0.341 e. The number of amides is 2. The molecule has 0 aromatic carbocycles. The molecule has 0 aliphatic carbocycles. The van der Waals surface area contributed by atoms with Gasteiger partial charge in [0, 0.05) is 57.0 Å². The van der Waals surface area contributed by atoms with E-state index in [4.69, 9.17) is 0 Å². The maximum atomic E-state index is 13.3. The lowest BCUT2D eigenvalue weighted by molar-refractivity contribution is -0.147. The molecule has 27 heavy (non-hydrogen) atoms. The highest BCUT2D eigenvalue weighted by Gasteiger charge is 2.44. The molecule has 0 unspecified atom stereocenters. The van der Waals surface area contributed by atoms with Gasteiger partial charge in [-0.3, -0.25) is 9.59 Å². The summed E-state index contributed by atoms with van der Waals surface area (Å²) in [5.74, 6) is 0.438. The number of likely N-dealkylation sites (tertiary alicyclic amines) is 2. The molecular weight excluding hydrogens is 340 g/mol. The van der Waals surface area contributed by atoms with E-state index in [1.54, 1.807) is 0 Å². The zero-order valence-corrected chi connectivity index (χ0v) is 17.3. The number of likely N-dealkylation sites (N-methyl/N-ethyl adjacent to an activating group) is 1. The second-order valence-corrected chi connectivity index (χ2v) is 9.10. The van der Waals surface area contributed by atoms with Crippen molar-refractivity contribution in [2.24, 2.45) is 5.41 Å². The average Bonchev–Trinajstić information content (AvgIpc) is 3.18. The number of piperidine rings is 2. The molecule has 2 amide bonds. The van der Waals surface area contributed by atoms with Gasteiger partial charge in [-0.2, -0.15) is 0 Å². The molecule has 2 fully saturated rings. The first-order valence-corrected chi connectivity index (χ1v) is 10.1. The van der Waals surface area contributed by atoms with Crippen LogP contribution in [0.5, 0.6) is 0 Å². The average molecular weight is 375 g/mol. The van der Waals surface area contributed by atoms with Gasteiger partial charge in [-0.25, -0.2) is 0 Å². The van der Waals surface area contributed by atoms with E-state index in [-0.39, 0.29) is 17.2 Å². The minimum absolute atomic E-state index is 0.0564. The van der Waals surface area contributed by atoms with Gasteiger partial charge in [-0.1, -0.05) is 0 Å². The highest BCUT2D eigenvalue weighted by Crippen LogP contribution is 2.39. The summed E-state index contributed by atoms with van der Waals surface area (Å²) in [4.78, 5) is 31.9. The van der Waals surface area contributed by atoms with Crippen molar-refractivity contribution in [3.63, 3.8) is 0 Å². The topological polar surface area (TPSA) is 48.8 Å². The molecule has 3 heterocycles. The molecule has 1 spiro atoms. The molecule has 1 atom stereocenters. The Kier molecular flexibility index (Phi) is 5.65. The number of aromatic nitrogens is 1.